The summed E-state index contributed by atoms with van der Waals surface area (Å²) in [5.74, 6) is 0. The first kappa shape index (κ1) is 21.0. The van der Waals surface area contributed by atoms with Gasteiger partial charge < -0.3 is 10.2 Å². The van der Waals surface area contributed by atoms with Crippen molar-refractivity contribution in [3.8, 4) is 0 Å². The minimum absolute atomic E-state index is 0.0177. The number of rotatable bonds is 4. The number of carbonyl (C=O) groups excluding carboxylic acids is 1. The number of nitrogens with one attached hydrogen (secondary N) is 1. The van der Waals surface area contributed by atoms with Crippen LogP contribution < -0.4 is 5.32 Å². The van der Waals surface area contributed by atoms with Gasteiger partial charge in [-0.1, -0.05) is 75.4 Å². The molecule has 1 N–H and O–H groups in total. The van der Waals surface area contributed by atoms with Gasteiger partial charge in [-0.3, -0.25) is 0 Å². The number of hydrogen-bond donors (Lipinski definition) is 1. The molecule has 0 aliphatic carbocycles. The predicted molar refractivity (Wildman–Crippen MR) is 114 cm³/mol. The Labute approximate surface area is 164 Å². The van der Waals surface area contributed by atoms with Crippen LogP contribution in [-0.4, -0.2) is 16.5 Å². The Morgan fingerprint density at radius 1 is 0.926 bits per heavy atom. The van der Waals surface area contributed by atoms with E-state index in [1.165, 1.54) is 5.56 Å². The SMILES string of the molecule is CC(c1ccccc1)N(Cc1ccc(C(C)(C)C)cc1)C(=O)NC(C)(C)C. The van der Waals surface area contributed by atoms with Crippen molar-refractivity contribution in [3.05, 3.63) is 71.3 Å². The van der Waals surface area contributed by atoms with Crippen LogP contribution in [0, 0.1) is 0 Å². The van der Waals surface area contributed by atoms with Crippen molar-refractivity contribution in [3.63, 3.8) is 0 Å². The lowest BCUT2D eigenvalue weighted by atomic mass is 9.86. The van der Waals surface area contributed by atoms with Crippen LogP contribution in [0.2, 0.25) is 0 Å². The van der Waals surface area contributed by atoms with Gasteiger partial charge in [-0.25, -0.2) is 4.79 Å². The smallest absolute Gasteiger partial charge is 0.318 e. The average molecular weight is 367 g/mol. The molecule has 27 heavy (non-hydrogen) atoms. The Kier molecular flexibility index (Phi) is 6.35. The van der Waals surface area contributed by atoms with E-state index in [0.29, 0.717) is 6.54 Å². The van der Waals surface area contributed by atoms with E-state index in [1.54, 1.807) is 0 Å². The predicted octanol–water partition coefficient (Wildman–Crippen LogP) is 6.06. The van der Waals surface area contributed by atoms with Gasteiger partial charge in [-0.05, 0) is 49.8 Å². The van der Waals surface area contributed by atoms with Crippen LogP contribution in [0.4, 0.5) is 4.79 Å². The highest BCUT2D eigenvalue weighted by molar-refractivity contribution is 5.75. The van der Waals surface area contributed by atoms with E-state index in [2.05, 4.69) is 69.4 Å². The molecule has 0 aliphatic heterocycles. The van der Waals surface area contributed by atoms with Crippen LogP contribution in [-0.2, 0) is 12.0 Å². The van der Waals surface area contributed by atoms with Gasteiger partial charge in [0.1, 0.15) is 0 Å². The van der Waals surface area contributed by atoms with Gasteiger partial charge in [0.15, 0.2) is 0 Å². The summed E-state index contributed by atoms with van der Waals surface area (Å²) in [7, 11) is 0. The van der Waals surface area contributed by atoms with Crippen molar-refractivity contribution in [1.82, 2.24) is 10.2 Å². The molecule has 0 radical (unpaired) electrons. The van der Waals surface area contributed by atoms with E-state index >= 15 is 0 Å². The van der Waals surface area contributed by atoms with E-state index in [-0.39, 0.29) is 23.0 Å². The lowest BCUT2D eigenvalue weighted by Gasteiger charge is -2.33. The molecule has 146 valence electrons. The third kappa shape index (κ3) is 6.13. The van der Waals surface area contributed by atoms with Gasteiger partial charge in [0.05, 0.1) is 6.04 Å². The van der Waals surface area contributed by atoms with E-state index in [9.17, 15) is 4.79 Å². The molecule has 2 rings (SSSR count). The molecule has 0 saturated heterocycles. The molecule has 2 aromatic rings. The molecular formula is C24H34N2O. The Hall–Kier alpha value is -2.29. The molecule has 1 atom stereocenters. The Bertz CT molecular complexity index is 737. The van der Waals surface area contributed by atoms with Gasteiger partial charge in [-0.2, -0.15) is 0 Å². The summed E-state index contributed by atoms with van der Waals surface area (Å²) in [6, 6.07) is 18.7. The summed E-state index contributed by atoms with van der Waals surface area (Å²) in [4.78, 5) is 14.9. The van der Waals surface area contributed by atoms with Gasteiger partial charge in [0.2, 0.25) is 0 Å². The summed E-state index contributed by atoms with van der Waals surface area (Å²) in [6.07, 6.45) is 0. The fourth-order valence-electron chi connectivity index (χ4n) is 3.00. The van der Waals surface area contributed by atoms with Crippen LogP contribution in [0.3, 0.4) is 0 Å². The van der Waals surface area contributed by atoms with Gasteiger partial charge in [-0.15, -0.1) is 0 Å². The maximum Gasteiger partial charge on any atom is 0.318 e. The topological polar surface area (TPSA) is 32.3 Å². The lowest BCUT2D eigenvalue weighted by molar-refractivity contribution is 0.167. The molecule has 2 aromatic carbocycles. The molecule has 0 fully saturated rings. The van der Waals surface area contributed by atoms with E-state index < -0.39 is 0 Å². The zero-order valence-electron chi connectivity index (χ0n) is 17.8. The summed E-state index contributed by atoms with van der Waals surface area (Å²) in [5, 5.41) is 3.11. The summed E-state index contributed by atoms with van der Waals surface area (Å²) in [5.41, 5.74) is 3.41. The number of benzene rings is 2. The molecule has 0 saturated carbocycles. The molecular weight excluding hydrogens is 332 g/mol. The molecule has 0 bridgehead atoms. The molecule has 0 aromatic heterocycles. The van der Waals surface area contributed by atoms with Crippen LogP contribution in [0.1, 0.15) is 71.2 Å². The molecule has 3 nitrogen and oxygen atoms in total. The highest BCUT2D eigenvalue weighted by Gasteiger charge is 2.25. The fraction of sp³-hybridized carbons (Fsp3) is 0.458. The van der Waals surface area contributed by atoms with Gasteiger partial charge >= 0.3 is 6.03 Å². The van der Waals surface area contributed by atoms with E-state index in [4.69, 9.17) is 0 Å². The lowest BCUT2D eigenvalue weighted by Crippen LogP contribution is -2.48. The van der Waals surface area contributed by atoms with Crippen LogP contribution in [0.25, 0.3) is 0 Å². The first-order chi connectivity index (χ1) is 12.5. The Morgan fingerprint density at radius 3 is 1.96 bits per heavy atom. The normalized spacial score (nSPS) is 13.1. The monoisotopic (exact) mass is 366 g/mol. The van der Waals surface area contributed by atoms with E-state index in [1.807, 2.05) is 43.9 Å². The van der Waals surface area contributed by atoms with Crippen LogP contribution in [0.15, 0.2) is 54.6 Å². The molecule has 3 heteroatoms. The number of nitrogens with zero attached hydrogens (tertiary/aromatic N) is 1. The molecule has 2 amide bonds. The second kappa shape index (κ2) is 8.16. The van der Waals surface area contributed by atoms with Crippen molar-refractivity contribution in [1.29, 1.82) is 0 Å². The number of amides is 2. The molecule has 1 unspecified atom stereocenters. The summed E-state index contributed by atoms with van der Waals surface area (Å²) in [6.45, 7) is 15.3. The molecule has 0 spiro atoms. The zero-order valence-corrected chi connectivity index (χ0v) is 17.8. The van der Waals surface area contributed by atoms with Gasteiger partial charge in [0.25, 0.3) is 0 Å². The Morgan fingerprint density at radius 2 is 1.48 bits per heavy atom. The summed E-state index contributed by atoms with van der Waals surface area (Å²) >= 11 is 0. The molecule has 0 heterocycles. The minimum Gasteiger partial charge on any atom is -0.333 e. The van der Waals surface area contributed by atoms with Crippen molar-refractivity contribution in [2.24, 2.45) is 0 Å². The second-order valence-electron chi connectivity index (χ2n) is 9.34. The highest BCUT2D eigenvalue weighted by atomic mass is 16.2. The minimum atomic E-state index is -0.276. The number of carbonyl (C=O) groups is 1. The van der Waals surface area contributed by atoms with Crippen LogP contribution in [0.5, 0.6) is 0 Å². The number of hydrogen-bond acceptors (Lipinski definition) is 1. The van der Waals surface area contributed by atoms with Crippen molar-refractivity contribution < 1.29 is 4.79 Å². The molecule has 0 aliphatic rings. The van der Waals surface area contributed by atoms with Crippen molar-refractivity contribution in [2.45, 2.75) is 72.0 Å². The largest absolute Gasteiger partial charge is 0.333 e. The van der Waals surface area contributed by atoms with E-state index in [0.717, 1.165) is 11.1 Å². The third-order valence-electron chi connectivity index (χ3n) is 4.67. The number of urea groups is 1. The maximum absolute atomic E-state index is 13.0. The Balaban J connectivity index is 2.28. The highest BCUT2D eigenvalue weighted by Crippen LogP contribution is 2.25. The van der Waals surface area contributed by atoms with Crippen LogP contribution >= 0.6 is 0 Å². The zero-order chi connectivity index (χ0) is 20.2. The second-order valence-corrected chi connectivity index (χ2v) is 9.34. The van der Waals surface area contributed by atoms with Crippen molar-refractivity contribution in [2.75, 3.05) is 0 Å². The summed E-state index contributed by atoms with van der Waals surface area (Å²) < 4.78 is 0. The standard InChI is InChI=1S/C24H34N2O/c1-18(20-11-9-8-10-12-20)26(22(27)25-24(5,6)7)17-19-13-15-21(16-14-19)23(2,3)4/h8-16,18H,17H2,1-7H3,(H,25,27). The maximum atomic E-state index is 13.0. The quantitative estimate of drug-likeness (QED) is 0.701. The van der Waals surface area contributed by atoms with Gasteiger partial charge in [0, 0.05) is 12.1 Å². The van der Waals surface area contributed by atoms with Crippen molar-refractivity contribution >= 4 is 6.03 Å². The third-order valence-corrected chi connectivity index (χ3v) is 4.67. The first-order valence-corrected chi connectivity index (χ1v) is 9.70. The average Bonchev–Trinajstić information content (AvgIpc) is 2.58. The fourth-order valence-corrected chi connectivity index (χ4v) is 3.00. The first-order valence-electron chi connectivity index (χ1n) is 9.70.